The molecule has 0 radical (unpaired) electrons. The molecule has 0 aliphatic rings. The Bertz CT molecular complexity index is 980. The normalized spacial score (nSPS) is 12.0. The number of pyridine rings is 1. The number of hydrogen-bond donors (Lipinski definition) is 2. The SMILES string of the molecule is CCOCc1nc2c(N)nc3ccccc3c2n1CC(C)(C)OC(=O)CN. The van der Waals surface area contributed by atoms with Crippen molar-refractivity contribution in [2.24, 2.45) is 5.73 Å². The Hall–Kier alpha value is -2.71. The molecular formula is C19H25N5O3. The largest absolute Gasteiger partial charge is 0.457 e. The van der Waals surface area contributed by atoms with Gasteiger partial charge in [0.05, 0.1) is 24.1 Å². The zero-order chi connectivity index (χ0) is 19.6. The molecule has 2 heterocycles. The minimum absolute atomic E-state index is 0.167. The molecule has 3 aromatic rings. The number of nitrogens with zero attached hydrogens (tertiary/aromatic N) is 3. The summed E-state index contributed by atoms with van der Waals surface area (Å²) < 4.78 is 13.1. The van der Waals surface area contributed by atoms with Gasteiger partial charge in [0.15, 0.2) is 5.82 Å². The van der Waals surface area contributed by atoms with Crippen LogP contribution < -0.4 is 11.5 Å². The molecule has 3 rings (SSSR count). The van der Waals surface area contributed by atoms with Gasteiger partial charge in [-0.15, -0.1) is 0 Å². The molecule has 0 aliphatic carbocycles. The van der Waals surface area contributed by atoms with E-state index >= 15 is 0 Å². The molecule has 8 heteroatoms. The molecule has 0 fully saturated rings. The number of rotatable bonds is 7. The highest BCUT2D eigenvalue weighted by molar-refractivity contribution is 6.06. The van der Waals surface area contributed by atoms with Crippen LogP contribution in [0.2, 0.25) is 0 Å². The maximum atomic E-state index is 11.7. The molecule has 0 spiro atoms. The van der Waals surface area contributed by atoms with Crippen LogP contribution in [0.25, 0.3) is 21.9 Å². The standard InChI is InChI=1S/C19H25N5O3/c1-4-26-10-14-23-16-17(12-7-5-6-8-13(12)22-18(16)21)24(14)11-19(2,3)27-15(25)9-20/h5-8H,4,9-11,20H2,1-3H3,(H2,21,22). The van der Waals surface area contributed by atoms with Crippen LogP contribution in [0.4, 0.5) is 5.82 Å². The molecule has 27 heavy (non-hydrogen) atoms. The lowest BCUT2D eigenvalue weighted by Gasteiger charge is -2.26. The van der Waals surface area contributed by atoms with E-state index in [2.05, 4.69) is 9.97 Å². The minimum Gasteiger partial charge on any atom is -0.457 e. The number of para-hydroxylation sites is 1. The Morgan fingerprint density at radius 1 is 1.26 bits per heavy atom. The second-order valence-corrected chi connectivity index (χ2v) is 6.90. The van der Waals surface area contributed by atoms with E-state index in [0.29, 0.717) is 36.9 Å². The molecule has 0 saturated carbocycles. The summed E-state index contributed by atoms with van der Waals surface area (Å²) in [6.07, 6.45) is 0. The predicted octanol–water partition coefficient (Wildman–Crippen LogP) is 1.98. The number of anilines is 1. The Morgan fingerprint density at radius 3 is 2.70 bits per heavy atom. The zero-order valence-corrected chi connectivity index (χ0v) is 15.9. The van der Waals surface area contributed by atoms with Crippen LogP contribution in [0.5, 0.6) is 0 Å². The molecule has 1 aromatic carbocycles. The number of fused-ring (bicyclic) bond motifs is 3. The lowest BCUT2D eigenvalue weighted by Crippen LogP contribution is -2.36. The van der Waals surface area contributed by atoms with E-state index in [9.17, 15) is 4.79 Å². The van der Waals surface area contributed by atoms with Crippen LogP contribution in [0.3, 0.4) is 0 Å². The predicted molar refractivity (Wildman–Crippen MR) is 104 cm³/mol. The Labute approximate surface area is 157 Å². The van der Waals surface area contributed by atoms with E-state index < -0.39 is 11.6 Å². The number of carbonyl (C=O) groups is 1. The highest BCUT2D eigenvalue weighted by atomic mass is 16.6. The molecule has 0 bridgehead atoms. The van der Waals surface area contributed by atoms with Crippen molar-refractivity contribution in [1.82, 2.24) is 14.5 Å². The third-order valence-corrected chi connectivity index (χ3v) is 4.22. The first kappa shape index (κ1) is 19.1. The molecule has 144 valence electrons. The van der Waals surface area contributed by atoms with Crippen molar-refractivity contribution in [3.8, 4) is 0 Å². The van der Waals surface area contributed by atoms with Crippen molar-refractivity contribution < 1.29 is 14.3 Å². The van der Waals surface area contributed by atoms with Gasteiger partial charge in [-0.3, -0.25) is 4.79 Å². The number of benzene rings is 1. The lowest BCUT2D eigenvalue weighted by atomic mass is 10.1. The van der Waals surface area contributed by atoms with Crippen LogP contribution in [0.1, 0.15) is 26.6 Å². The monoisotopic (exact) mass is 371 g/mol. The average molecular weight is 371 g/mol. The van der Waals surface area contributed by atoms with Gasteiger partial charge in [0.2, 0.25) is 0 Å². The number of imidazole rings is 1. The van der Waals surface area contributed by atoms with E-state index in [1.165, 1.54) is 0 Å². The number of aromatic nitrogens is 3. The zero-order valence-electron chi connectivity index (χ0n) is 15.9. The van der Waals surface area contributed by atoms with E-state index in [-0.39, 0.29) is 6.54 Å². The van der Waals surface area contributed by atoms with Gasteiger partial charge in [0.25, 0.3) is 0 Å². The Kier molecular flexibility index (Phi) is 5.29. The summed E-state index contributed by atoms with van der Waals surface area (Å²) in [4.78, 5) is 20.8. The van der Waals surface area contributed by atoms with E-state index in [0.717, 1.165) is 16.4 Å². The van der Waals surface area contributed by atoms with E-state index in [1.54, 1.807) is 0 Å². The molecular weight excluding hydrogens is 346 g/mol. The fourth-order valence-corrected chi connectivity index (χ4v) is 3.14. The first-order valence-corrected chi connectivity index (χ1v) is 8.89. The number of ether oxygens (including phenoxy) is 2. The Morgan fingerprint density at radius 2 is 2.00 bits per heavy atom. The third kappa shape index (κ3) is 3.86. The summed E-state index contributed by atoms with van der Waals surface area (Å²) in [5, 5.41) is 0.929. The number of nitrogen functional groups attached to an aromatic ring is 1. The second-order valence-electron chi connectivity index (χ2n) is 6.90. The molecule has 0 amide bonds. The average Bonchev–Trinajstić information content (AvgIpc) is 2.98. The quantitative estimate of drug-likeness (QED) is 0.610. The van der Waals surface area contributed by atoms with Crippen LogP contribution >= 0.6 is 0 Å². The van der Waals surface area contributed by atoms with Gasteiger partial charge in [-0.2, -0.15) is 0 Å². The number of nitrogens with two attached hydrogens (primary N) is 2. The summed E-state index contributed by atoms with van der Waals surface area (Å²) in [5.74, 6) is 0.604. The summed E-state index contributed by atoms with van der Waals surface area (Å²) in [7, 11) is 0. The molecule has 0 aliphatic heterocycles. The topological polar surface area (TPSA) is 118 Å². The molecule has 2 aromatic heterocycles. The van der Waals surface area contributed by atoms with Gasteiger partial charge in [-0.05, 0) is 26.8 Å². The van der Waals surface area contributed by atoms with Gasteiger partial charge < -0.3 is 25.5 Å². The summed E-state index contributed by atoms with van der Waals surface area (Å²) in [6.45, 7) is 6.69. The maximum Gasteiger partial charge on any atom is 0.320 e. The fourth-order valence-electron chi connectivity index (χ4n) is 3.14. The van der Waals surface area contributed by atoms with Gasteiger partial charge >= 0.3 is 5.97 Å². The maximum absolute atomic E-state index is 11.7. The van der Waals surface area contributed by atoms with Crippen molar-refractivity contribution in [3.63, 3.8) is 0 Å². The first-order chi connectivity index (χ1) is 12.9. The van der Waals surface area contributed by atoms with E-state index in [1.807, 2.05) is 49.6 Å². The minimum atomic E-state index is -0.788. The number of carbonyl (C=O) groups excluding carboxylic acids is 1. The third-order valence-electron chi connectivity index (χ3n) is 4.22. The molecule has 8 nitrogen and oxygen atoms in total. The molecule has 0 atom stereocenters. The summed E-state index contributed by atoms with van der Waals surface area (Å²) >= 11 is 0. The first-order valence-electron chi connectivity index (χ1n) is 8.89. The van der Waals surface area contributed by atoms with Gasteiger partial charge in [-0.1, -0.05) is 18.2 Å². The molecule has 0 saturated heterocycles. The molecule has 4 N–H and O–H groups in total. The number of hydrogen-bond acceptors (Lipinski definition) is 7. The van der Waals surface area contributed by atoms with Crippen molar-refractivity contribution in [3.05, 3.63) is 30.1 Å². The summed E-state index contributed by atoms with van der Waals surface area (Å²) in [5.41, 5.74) is 13.0. The Balaban J connectivity index is 2.19. The van der Waals surface area contributed by atoms with Gasteiger partial charge in [0.1, 0.15) is 23.5 Å². The smallest absolute Gasteiger partial charge is 0.320 e. The van der Waals surface area contributed by atoms with Crippen LogP contribution in [-0.2, 0) is 27.4 Å². The lowest BCUT2D eigenvalue weighted by molar-refractivity contribution is -0.155. The summed E-state index contributed by atoms with van der Waals surface area (Å²) in [6, 6.07) is 7.74. The highest BCUT2D eigenvalue weighted by Gasteiger charge is 2.27. The fraction of sp³-hybridized carbons (Fsp3) is 0.421. The highest BCUT2D eigenvalue weighted by Crippen LogP contribution is 2.30. The van der Waals surface area contributed by atoms with Crippen molar-refractivity contribution >= 4 is 33.7 Å². The van der Waals surface area contributed by atoms with Crippen molar-refractivity contribution in [1.29, 1.82) is 0 Å². The van der Waals surface area contributed by atoms with Gasteiger partial charge in [-0.25, -0.2) is 9.97 Å². The van der Waals surface area contributed by atoms with Crippen molar-refractivity contribution in [2.75, 3.05) is 18.9 Å². The van der Waals surface area contributed by atoms with E-state index in [4.69, 9.17) is 20.9 Å². The number of esters is 1. The second kappa shape index (κ2) is 7.50. The van der Waals surface area contributed by atoms with Gasteiger partial charge in [0, 0.05) is 12.0 Å². The van der Waals surface area contributed by atoms with Crippen molar-refractivity contribution in [2.45, 2.75) is 39.5 Å². The molecule has 0 unspecified atom stereocenters. The van der Waals surface area contributed by atoms with Crippen LogP contribution in [0.15, 0.2) is 24.3 Å². The van der Waals surface area contributed by atoms with Crippen LogP contribution in [0, 0.1) is 0 Å². The van der Waals surface area contributed by atoms with Crippen LogP contribution in [-0.4, -0.2) is 39.3 Å².